The van der Waals surface area contributed by atoms with E-state index in [9.17, 15) is 23.1 Å². The summed E-state index contributed by atoms with van der Waals surface area (Å²) in [6.45, 7) is 4.57. The lowest BCUT2D eigenvalue weighted by Crippen LogP contribution is -2.61. The first-order valence-corrected chi connectivity index (χ1v) is 9.82. The van der Waals surface area contributed by atoms with Crippen molar-refractivity contribution in [2.24, 2.45) is 11.3 Å². The standard InChI is InChI=1S/C21H26F3NO3/c1-13-3-4-15(7-17(13)21(22,23)24)28-16-5-6-20(10-16)11-25(12-20)18(26)14-8-19(2,27)9-14/h3-4,7,14,16,27H,5-6,8-12H2,1-2H3. The molecule has 1 unspecified atom stereocenters. The van der Waals surface area contributed by atoms with Crippen LogP contribution in [-0.4, -0.2) is 40.7 Å². The fraction of sp³-hybridized carbons (Fsp3) is 0.667. The van der Waals surface area contributed by atoms with Crippen molar-refractivity contribution in [3.63, 3.8) is 0 Å². The number of alkyl halides is 3. The van der Waals surface area contributed by atoms with Crippen molar-refractivity contribution in [3.05, 3.63) is 29.3 Å². The van der Waals surface area contributed by atoms with Gasteiger partial charge in [-0.2, -0.15) is 13.2 Å². The molecule has 154 valence electrons. The van der Waals surface area contributed by atoms with Gasteiger partial charge in [0, 0.05) is 24.4 Å². The van der Waals surface area contributed by atoms with Gasteiger partial charge in [-0.05, 0) is 63.6 Å². The summed E-state index contributed by atoms with van der Waals surface area (Å²) in [5, 5.41) is 9.81. The number of aryl methyl sites for hydroxylation is 1. The summed E-state index contributed by atoms with van der Waals surface area (Å²) < 4.78 is 45.1. The molecule has 1 atom stereocenters. The first kappa shape index (κ1) is 19.6. The van der Waals surface area contributed by atoms with E-state index in [-0.39, 0.29) is 34.7 Å². The number of ether oxygens (including phenoxy) is 1. The Labute approximate surface area is 162 Å². The van der Waals surface area contributed by atoms with Gasteiger partial charge in [0.25, 0.3) is 0 Å². The Morgan fingerprint density at radius 1 is 1.25 bits per heavy atom. The minimum Gasteiger partial charge on any atom is -0.490 e. The van der Waals surface area contributed by atoms with Crippen LogP contribution in [0.1, 0.15) is 50.2 Å². The highest BCUT2D eigenvalue weighted by Crippen LogP contribution is 2.49. The molecule has 1 amide bonds. The smallest absolute Gasteiger partial charge is 0.416 e. The molecular formula is C21H26F3NO3. The molecule has 0 radical (unpaired) electrons. The quantitative estimate of drug-likeness (QED) is 0.841. The van der Waals surface area contributed by atoms with Gasteiger partial charge in [0.2, 0.25) is 5.91 Å². The van der Waals surface area contributed by atoms with Crippen molar-refractivity contribution in [2.45, 2.75) is 63.8 Å². The number of carbonyl (C=O) groups excluding carboxylic acids is 1. The number of likely N-dealkylation sites (tertiary alicyclic amines) is 1. The molecular weight excluding hydrogens is 371 g/mol. The summed E-state index contributed by atoms with van der Waals surface area (Å²) >= 11 is 0. The van der Waals surface area contributed by atoms with E-state index in [0.717, 1.165) is 25.3 Å². The van der Waals surface area contributed by atoms with Crippen LogP contribution < -0.4 is 4.74 Å². The molecule has 1 aromatic rings. The lowest BCUT2D eigenvalue weighted by atomic mass is 9.70. The second-order valence-corrected chi connectivity index (χ2v) is 9.25. The van der Waals surface area contributed by atoms with E-state index >= 15 is 0 Å². The third kappa shape index (κ3) is 3.61. The topological polar surface area (TPSA) is 49.8 Å². The molecule has 2 saturated carbocycles. The van der Waals surface area contributed by atoms with Crippen LogP contribution in [0.4, 0.5) is 13.2 Å². The molecule has 28 heavy (non-hydrogen) atoms. The number of aliphatic hydroxyl groups is 1. The highest BCUT2D eigenvalue weighted by molar-refractivity contribution is 5.81. The fourth-order valence-corrected chi connectivity index (χ4v) is 5.07. The first-order valence-electron chi connectivity index (χ1n) is 9.82. The van der Waals surface area contributed by atoms with Gasteiger partial charge < -0.3 is 14.7 Å². The van der Waals surface area contributed by atoms with Crippen LogP contribution in [0.2, 0.25) is 0 Å². The maximum Gasteiger partial charge on any atom is 0.416 e. The number of nitrogens with zero attached hydrogens (tertiary/aromatic N) is 1. The lowest BCUT2D eigenvalue weighted by molar-refractivity contribution is -0.161. The maximum atomic E-state index is 13.1. The predicted octanol–water partition coefficient (Wildman–Crippen LogP) is 3.93. The summed E-state index contributed by atoms with van der Waals surface area (Å²) in [7, 11) is 0. The Morgan fingerprint density at radius 2 is 1.93 bits per heavy atom. The molecule has 3 aliphatic rings. The van der Waals surface area contributed by atoms with Crippen LogP contribution in [0.25, 0.3) is 0 Å². The summed E-state index contributed by atoms with van der Waals surface area (Å²) in [6.07, 6.45) is -0.996. The van der Waals surface area contributed by atoms with E-state index in [2.05, 4.69) is 0 Å². The molecule has 1 spiro atoms. The molecule has 7 heteroatoms. The normalized spacial score (nSPS) is 31.4. The SMILES string of the molecule is Cc1ccc(OC2CCC3(C2)CN(C(=O)C2CC(C)(O)C2)C3)cc1C(F)(F)F. The van der Waals surface area contributed by atoms with Crippen LogP contribution in [-0.2, 0) is 11.0 Å². The number of hydrogen-bond donors (Lipinski definition) is 1. The van der Waals surface area contributed by atoms with Crippen molar-refractivity contribution in [2.75, 3.05) is 13.1 Å². The molecule has 1 N–H and O–H groups in total. The second-order valence-electron chi connectivity index (χ2n) is 9.25. The van der Waals surface area contributed by atoms with Crippen molar-refractivity contribution in [3.8, 4) is 5.75 Å². The number of carbonyl (C=O) groups is 1. The predicted molar refractivity (Wildman–Crippen MR) is 96.8 cm³/mol. The minimum atomic E-state index is -4.39. The van der Waals surface area contributed by atoms with Gasteiger partial charge in [-0.25, -0.2) is 0 Å². The largest absolute Gasteiger partial charge is 0.490 e. The third-order valence-corrected chi connectivity index (χ3v) is 6.56. The van der Waals surface area contributed by atoms with E-state index < -0.39 is 17.3 Å². The van der Waals surface area contributed by atoms with Gasteiger partial charge in [0.15, 0.2) is 0 Å². The zero-order valence-electron chi connectivity index (χ0n) is 16.2. The Bertz CT molecular complexity index is 776. The molecule has 0 aromatic heterocycles. The van der Waals surface area contributed by atoms with Crippen LogP contribution in [0.15, 0.2) is 18.2 Å². The van der Waals surface area contributed by atoms with Crippen molar-refractivity contribution >= 4 is 5.91 Å². The number of benzene rings is 1. The average molecular weight is 397 g/mol. The second kappa shape index (κ2) is 6.37. The molecule has 3 fully saturated rings. The molecule has 1 saturated heterocycles. The maximum absolute atomic E-state index is 13.1. The first-order chi connectivity index (χ1) is 13.0. The average Bonchev–Trinajstić information content (AvgIpc) is 2.95. The van der Waals surface area contributed by atoms with Gasteiger partial charge >= 0.3 is 6.18 Å². The number of rotatable bonds is 3. The molecule has 1 aliphatic heterocycles. The van der Waals surface area contributed by atoms with Gasteiger partial charge in [-0.15, -0.1) is 0 Å². The zero-order chi connectivity index (χ0) is 20.3. The highest BCUT2D eigenvalue weighted by Gasteiger charge is 2.53. The van der Waals surface area contributed by atoms with Crippen molar-refractivity contribution < 1.29 is 27.8 Å². The van der Waals surface area contributed by atoms with E-state index in [0.29, 0.717) is 25.9 Å². The number of hydrogen-bond acceptors (Lipinski definition) is 3. The Hall–Kier alpha value is -1.76. The Balaban J connectivity index is 1.32. The molecule has 1 aromatic carbocycles. The van der Waals surface area contributed by atoms with E-state index in [1.807, 2.05) is 4.90 Å². The summed E-state index contributed by atoms with van der Waals surface area (Å²) in [6, 6.07) is 4.12. The Kier molecular flexibility index (Phi) is 4.45. The van der Waals surface area contributed by atoms with E-state index in [1.54, 1.807) is 13.0 Å². The monoisotopic (exact) mass is 397 g/mol. The van der Waals surface area contributed by atoms with Crippen LogP contribution in [0, 0.1) is 18.3 Å². The summed E-state index contributed by atoms with van der Waals surface area (Å²) in [5.74, 6) is 0.299. The summed E-state index contributed by atoms with van der Waals surface area (Å²) in [5.41, 5.74) is -1.15. The van der Waals surface area contributed by atoms with Gasteiger partial charge in [-0.1, -0.05) is 6.07 Å². The zero-order valence-corrected chi connectivity index (χ0v) is 16.2. The molecule has 2 aliphatic carbocycles. The Morgan fingerprint density at radius 3 is 2.54 bits per heavy atom. The van der Waals surface area contributed by atoms with Gasteiger partial charge in [-0.3, -0.25) is 4.79 Å². The highest BCUT2D eigenvalue weighted by atomic mass is 19.4. The summed E-state index contributed by atoms with van der Waals surface area (Å²) in [4.78, 5) is 14.3. The van der Waals surface area contributed by atoms with E-state index in [4.69, 9.17) is 4.74 Å². The lowest BCUT2D eigenvalue weighted by Gasteiger charge is -2.51. The number of amides is 1. The van der Waals surface area contributed by atoms with Crippen molar-refractivity contribution in [1.29, 1.82) is 0 Å². The van der Waals surface area contributed by atoms with E-state index in [1.165, 1.54) is 13.0 Å². The van der Waals surface area contributed by atoms with Crippen molar-refractivity contribution in [1.82, 2.24) is 4.90 Å². The van der Waals surface area contributed by atoms with Crippen LogP contribution >= 0.6 is 0 Å². The van der Waals surface area contributed by atoms with Crippen LogP contribution in [0.5, 0.6) is 5.75 Å². The fourth-order valence-electron chi connectivity index (χ4n) is 5.07. The van der Waals surface area contributed by atoms with Crippen LogP contribution in [0.3, 0.4) is 0 Å². The molecule has 4 rings (SSSR count). The molecule has 1 heterocycles. The number of halogens is 3. The minimum absolute atomic E-state index is 0.0319. The third-order valence-electron chi connectivity index (χ3n) is 6.56. The molecule has 0 bridgehead atoms. The van der Waals surface area contributed by atoms with Gasteiger partial charge in [0.05, 0.1) is 17.3 Å². The van der Waals surface area contributed by atoms with Gasteiger partial charge in [0.1, 0.15) is 5.75 Å². The molecule has 4 nitrogen and oxygen atoms in total.